The molecule has 0 aliphatic rings. The molecular weight excluding hydrogens is 350 g/mol. The van der Waals surface area contributed by atoms with Crippen molar-refractivity contribution in [2.24, 2.45) is 0 Å². The van der Waals surface area contributed by atoms with Gasteiger partial charge in [0.1, 0.15) is 23.7 Å². The molecule has 0 saturated heterocycles. The van der Waals surface area contributed by atoms with Crippen molar-refractivity contribution in [3.05, 3.63) is 40.2 Å². The van der Waals surface area contributed by atoms with Crippen LogP contribution in [0.2, 0.25) is 0 Å². The van der Waals surface area contributed by atoms with Crippen LogP contribution in [-0.4, -0.2) is 44.7 Å². The normalized spacial score (nSPS) is 12.0. The number of rotatable bonds is 9. The van der Waals surface area contributed by atoms with E-state index in [4.69, 9.17) is 13.9 Å². The highest BCUT2D eigenvalue weighted by Gasteiger charge is 2.20. The highest BCUT2D eigenvalue weighted by Crippen LogP contribution is 2.22. The molecule has 1 heterocycles. The molecule has 1 aromatic carbocycles. The Kier molecular flexibility index (Phi) is 7.12. The van der Waals surface area contributed by atoms with E-state index in [1.165, 1.54) is 13.2 Å². The zero-order valence-corrected chi connectivity index (χ0v) is 16.1. The number of carbonyl (C=O) groups is 2. The van der Waals surface area contributed by atoms with E-state index in [0.717, 1.165) is 18.8 Å². The standard InChI is InChI=1S/C20H25NO6/c1-5-21(6-2)15-8-7-14-9-16(20(24)27-18(14)10-15)17(22)11-19(23)26-13(3)12-25-4/h7-10,13H,5-6,11-12H2,1-4H3. The summed E-state index contributed by atoms with van der Waals surface area (Å²) in [6, 6.07) is 6.94. The average molecular weight is 375 g/mol. The summed E-state index contributed by atoms with van der Waals surface area (Å²) in [6.07, 6.45) is -0.996. The second-order valence-electron chi connectivity index (χ2n) is 6.20. The third-order valence-electron chi connectivity index (χ3n) is 4.19. The van der Waals surface area contributed by atoms with E-state index >= 15 is 0 Å². The Bertz CT molecular complexity index is 868. The van der Waals surface area contributed by atoms with Crippen molar-refractivity contribution in [3.8, 4) is 0 Å². The van der Waals surface area contributed by atoms with Gasteiger partial charge >= 0.3 is 11.6 Å². The minimum absolute atomic E-state index is 0.158. The molecule has 7 nitrogen and oxygen atoms in total. The lowest BCUT2D eigenvalue weighted by molar-refractivity contribution is -0.149. The molecule has 0 N–H and O–H groups in total. The first-order valence-corrected chi connectivity index (χ1v) is 8.94. The predicted octanol–water partition coefficient (Wildman–Crippen LogP) is 2.79. The number of methoxy groups -OCH3 is 1. The molecule has 0 aliphatic heterocycles. The van der Waals surface area contributed by atoms with Gasteiger partial charge in [0.05, 0.1) is 6.61 Å². The smallest absolute Gasteiger partial charge is 0.347 e. The second-order valence-corrected chi connectivity index (χ2v) is 6.20. The van der Waals surface area contributed by atoms with Crippen molar-refractivity contribution in [1.29, 1.82) is 0 Å². The van der Waals surface area contributed by atoms with Crippen molar-refractivity contribution in [2.75, 3.05) is 31.7 Å². The summed E-state index contributed by atoms with van der Waals surface area (Å²) in [5, 5.41) is 0.620. The number of fused-ring (bicyclic) bond motifs is 1. The molecule has 0 amide bonds. The molecule has 2 rings (SSSR count). The number of hydrogen-bond donors (Lipinski definition) is 0. The number of esters is 1. The van der Waals surface area contributed by atoms with E-state index in [-0.39, 0.29) is 12.2 Å². The maximum absolute atomic E-state index is 12.3. The van der Waals surface area contributed by atoms with E-state index in [1.54, 1.807) is 19.1 Å². The summed E-state index contributed by atoms with van der Waals surface area (Å²) in [7, 11) is 1.49. The number of nitrogens with zero attached hydrogens (tertiary/aromatic N) is 1. The molecule has 0 spiro atoms. The summed E-state index contributed by atoms with van der Waals surface area (Å²) in [6.45, 7) is 7.62. The maximum atomic E-state index is 12.3. The van der Waals surface area contributed by atoms with Crippen LogP contribution in [0.3, 0.4) is 0 Å². The first-order chi connectivity index (χ1) is 12.9. The van der Waals surface area contributed by atoms with Gasteiger partial charge in [-0.2, -0.15) is 0 Å². The van der Waals surface area contributed by atoms with Crippen molar-refractivity contribution in [3.63, 3.8) is 0 Å². The first-order valence-electron chi connectivity index (χ1n) is 8.94. The average Bonchev–Trinajstić information content (AvgIpc) is 2.61. The van der Waals surface area contributed by atoms with Crippen LogP contribution in [0.5, 0.6) is 0 Å². The monoisotopic (exact) mass is 375 g/mol. The molecule has 0 aliphatic carbocycles. The van der Waals surface area contributed by atoms with Gasteiger partial charge in [-0.3, -0.25) is 9.59 Å². The van der Waals surface area contributed by atoms with Gasteiger partial charge in [-0.15, -0.1) is 0 Å². The molecule has 1 aromatic heterocycles. The maximum Gasteiger partial charge on any atom is 0.347 e. The summed E-state index contributed by atoms with van der Waals surface area (Å²) < 4.78 is 15.2. The molecule has 0 bridgehead atoms. The van der Waals surface area contributed by atoms with Crippen LogP contribution in [0, 0.1) is 0 Å². The molecule has 0 fully saturated rings. The topological polar surface area (TPSA) is 86.0 Å². The van der Waals surface area contributed by atoms with Gasteiger partial charge in [-0.05, 0) is 39.0 Å². The number of anilines is 1. The first kappa shape index (κ1) is 20.6. The van der Waals surface area contributed by atoms with Gasteiger partial charge in [-0.1, -0.05) is 0 Å². The third-order valence-corrected chi connectivity index (χ3v) is 4.19. The molecular formula is C20H25NO6. The fourth-order valence-corrected chi connectivity index (χ4v) is 2.84. The van der Waals surface area contributed by atoms with Crippen molar-refractivity contribution < 1.29 is 23.5 Å². The number of ketones is 1. The van der Waals surface area contributed by atoms with E-state index in [1.807, 2.05) is 19.9 Å². The molecule has 1 atom stereocenters. The Hall–Kier alpha value is -2.67. The van der Waals surface area contributed by atoms with Crippen LogP contribution in [0.15, 0.2) is 33.5 Å². The van der Waals surface area contributed by atoms with Gasteiger partial charge in [0.25, 0.3) is 0 Å². The Morgan fingerprint density at radius 1 is 1.19 bits per heavy atom. The van der Waals surface area contributed by atoms with Crippen molar-refractivity contribution in [2.45, 2.75) is 33.3 Å². The SMILES string of the molecule is CCN(CC)c1ccc2cc(C(=O)CC(=O)OC(C)COC)c(=O)oc2c1. The second kappa shape index (κ2) is 9.32. The quantitative estimate of drug-likeness (QED) is 0.288. The number of ether oxygens (including phenoxy) is 2. The molecule has 27 heavy (non-hydrogen) atoms. The zero-order chi connectivity index (χ0) is 20.0. The summed E-state index contributed by atoms with van der Waals surface area (Å²) in [4.78, 5) is 38.5. The van der Waals surface area contributed by atoms with Gasteiger partial charge < -0.3 is 18.8 Å². The molecule has 0 radical (unpaired) electrons. The van der Waals surface area contributed by atoms with E-state index in [9.17, 15) is 14.4 Å². The summed E-state index contributed by atoms with van der Waals surface area (Å²) >= 11 is 0. The fourth-order valence-electron chi connectivity index (χ4n) is 2.84. The summed E-state index contributed by atoms with van der Waals surface area (Å²) in [5.41, 5.74) is 0.416. The number of carbonyl (C=O) groups excluding carboxylic acids is 2. The molecule has 1 unspecified atom stereocenters. The van der Waals surface area contributed by atoms with Crippen LogP contribution in [0.1, 0.15) is 37.6 Å². The minimum atomic E-state index is -0.762. The highest BCUT2D eigenvalue weighted by atomic mass is 16.6. The van der Waals surface area contributed by atoms with Gasteiger partial charge in [0, 0.05) is 37.3 Å². The molecule has 7 heteroatoms. The third kappa shape index (κ3) is 5.17. The fraction of sp³-hybridized carbons (Fsp3) is 0.450. The van der Waals surface area contributed by atoms with Crippen LogP contribution in [0.25, 0.3) is 11.0 Å². The number of hydrogen-bond acceptors (Lipinski definition) is 7. The largest absolute Gasteiger partial charge is 0.460 e. The Morgan fingerprint density at radius 3 is 2.52 bits per heavy atom. The van der Waals surface area contributed by atoms with Gasteiger partial charge in [0.2, 0.25) is 0 Å². The molecule has 2 aromatic rings. The van der Waals surface area contributed by atoms with Gasteiger partial charge in [0.15, 0.2) is 5.78 Å². The lowest BCUT2D eigenvalue weighted by Crippen LogP contribution is -2.23. The molecule has 0 saturated carbocycles. The number of Topliss-reactive ketones (excluding diaryl/α,β-unsaturated/α-hetero) is 1. The number of benzene rings is 1. The Balaban J connectivity index is 2.22. The lowest BCUT2D eigenvalue weighted by atomic mass is 10.1. The minimum Gasteiger partial charge on any atom is -0.460 e. The summed E-state index contributed by atoms with van der Waals surface area (Å²) in [5.74, 6) is -1.34. The van der Waals surface area contributed by atoms with Crippen LogP contribution < -0.4 is 10.5 Å². The van der Waals surface area contributed by atoms with E-state index in [0.29, 0.717) is 11.0 Å². The zero-order valence-electron chi connectivity index (χ0n) is 16.1. The van der Waals surface area contributed by atoms with E-state index in [2.05, 4.69) is 4.90 Å². The van der Waals surface area contributed by atoms with E-state index < -0.39 is 29.9 Å². The van der Waals surface area contributed by atoms with Crippen molar-refractivity contribution in [1.82, 2.24) is 0 Å². The molecule has 146 valence electrons. The van der Waals surface area contributed by atoms with Crippen LogP contribution >= 0.6 is 0 Å². The highest BCUT2D eigenvalue weighted by molar-refractivity contribution is 6.06. The van der Waals surface area contributed by atoms with Crippen molar-refractivity contribution >= 4 is 28.4 Å². The Morgan fingerprint density at radius 2 is 1.89 bits per heavy atom. The van der Waals surface area contributed by atoms with Crippen LogP contribution in [0.4, 0.5) is 5.69 Å². The Labute approximate surface area is 157 Å². The lowest BCUT2D eigenvalue weighted by Gasteiger charge is -2.20. The van der Waals surface area contributed by atoms with Crippen LogP contribution in [-0.2, 0) is 14.3 Å². The predicted molar refractivity (Wildman–Crippen MR) is 102 cm³/mol. The van der Waals surface area contributed by atoms with Gasteiger partial charge in [-0.25, -0.2) is 4.79 Å².